The van der Waals surface area contributed by atoms with Crippen molar-refractivity contribution in [3.8, 4) is 0 Å². The molecule has 1 rings (SSSR count). The molecule has 0 spiro atoms. The van der Waals surface area contributed by atoms with Gasteiger partial charge in [-0.3, -0.25) is 4.79 Å². The van der Waals surface area contributed by atoms with Gasteiger partial charge < -0.3 is 0 Å². The molecule has 0 unspecified atom stereocenters. The van der Waals surface area contributed by atoms with Crippen molar-refractivity contribution >= 4 is 12.4 Å². The molecule has 0 bridgehead atoms. The van der Waals surface area contributed by atoms with Crippen molar-refractivity contribution in [3.63, 3.8) is 0 Å². The summed E-state index contributed by atoms with van der Waals surface area (Å²) < 4.78 is 0. The highest BCUT2D eigenvalue weighted by atomic mass is 16.1. The van der Waals surface area contributed by atoms with Crippen molar-refractivity contribution in [2.75, 3.05) is 0 Å². The van der Waals surface area contributed by atoms with Crippen LogP contribution < -0.4 is 0 Å². The quantitative estimate of drug-likeness (QED) is 0.499. The predicted octanol–water partition coefficient (Wildman–Crippen LogP) is 3.32. The smallest absolute Gasteiger partial charge is 0.142 e. The van der Waals surface area contributed by atoms with Crippen LogP contribution in [0, 0.1) is 0 Å². The van der Waals surface area contributed by atoms with E-state index in [2.05, 4.69) is 13.8 Å². The molecule has 0 aliphatic carbocycles. The zero-order valence-corrected chi connectivity index (χ0v) is 8.23. The van der Waals surface area contributed by atoms with Crippen molar-refractivity contribution in [2.45, 2.75) is 20.3 Å². The fraction of sp³-hybridized carbons (Fsp3) is 0.250. The number of carbonyl (C=O) groups excluding carboxylic acids is 1. The number of carbonyl (C=O) groups is 1. The predicted molar refractivity (Wildman–Crippen MR) is 57.5 cm³/mol. The summed E-state index contributed by atoms with van der Waals surface area (Å²) in [6.45, 7) is 4.25. The summed E-state index contributed by atoms with van der Waals surface area (Å²) in [7, 11) is 0. The second-order valence-electron chi connectivity index (χ2n) is 2.61. The van der Waals surface area contributed by atoms with E-state index < -0.39 is 0 Å². The van der Waals surface area contributed by atoms with Gasteiger partial charge in [-0.05, 0) is 11.6 Å². The molecular weight excluding hydrogens is 160 g/mol. The van der Waals surface area contributed by atoms with Crippen molar-refractivity contribution in [2.24, 2.45) is 0 Å². The van der Waals surface area contributed by atoms with Crippen molar-refractivity contribution < 1.29 is 4.79 Å². The highest BCUT2D eigenvalue weighted by Crippen LogP contribution is 1.99. The average molecular weight is 176 g/mol. The number of allylic oxidation sites excluding steroid dienone is 1. The number of rotatable bonds is 2. The number of hydrogen-bond donors (Lipinski definition) is 0. The van der Waals surface area contributed by atoms with Gasteiger partial charge in [-0.25, -0.2) is 0 Å². The molecule has 0 atom stereocenters. The average Bonchev–Trinajstić information content (AvgIpc) is 2.18. The van der Waals surface area contributed by atoms with Crippen LogP contribution >= 0.6 is 0 Å². The minimum absolute atomic E-state index is 0.771. The van der Waals surface area contributed by atoms with Gasteiger partial charge in [0.05, 0.1) is 0 Å². The van der Waals surface area contributed by atoms with Gasteiger partial charge in [0.15, 0.2) is 0 Å². The van der Waals surface area contributed by atoms with Crippen LogP contribution in [-0.2, 0) is 4.79 Å². The lowest BCUT2D eigenvalue weighted by molar-refractivity contribution is -0.104. The van der Waals surface area contributed by atoms with Crippen LogP contribution in [0.4, 0.5) is 0 Å². The molecule has 0 aromatic heterocycles. The Morgan fingerprint density at radius 2 is 1.69 bits per heavy atom. The van der Waals surface area contributed by atoms with Gasteiger partial charge in [0.2, 0.25) is 0 Å². The van der Waals surface area contributed by atoms with Crippen LogP contribution in [0.5, 0.6) is 0 Å². The van der Waals surface area contributed by atoms with E-state index in [0.29, 0.717) is 0 Å². The molecule has 0 radical (unpaired) electrons. The molecule has 0 N–H and O–H groups in total. The van der Waals surface area contributed by atoms with Gasteiger partial charge in [0.25, 0.3) is 0 Å². The maximum Gasteiger partial charge on any atom is 0.142 e. The summed E-state index contributed by atoms with van der Waals surface area (Å²) in [6.07, 6.45) is 5.27. The topological polar surface area (TPSA) is 17.1 Å². The summed E-state index contributed by atoms with van der Waals surface area (Å²) in [6, 6.07) is 9.70. The molecule has 0 aliphatic heterocycles. The first-order chi connectivity index (χ1) is 6.35. The second-order valence-corrected chi connectivity index (χ2v) is 2.61. The summed E-state index contributed by atoms with van der Waals surface area (Å²) >= 11 is 0. The largest absolute Gasteiger partial charge is 0.299 e. The second kappa shape index (κ2) is 8.72. The molecule has 1 aromatic carbocycles. The molecule has 1 heteroatoms. The highest BCUT2D eigenvalue weighted by molar-refractivity contribution is 5.73. The molecule has 0 saturated heterocycles. The minimum atomic E-state index is 0.771. The van der Waals surface area contributed by atoms with E-state index in [1.54, 1.807) is 6.08 Å². The van der Waals surface area contributed by atoms with E-state index in [9.17, 15) is 4.79 Å². The lowest BCUT2D eigenvalue weighted by Crippen LogP contribution is -1.67. The Bertz CT molecular complexity index is 237. The third kappa shape index (κ3) is 7.01. The van der Waals surface area contributed by atoms with E-state index in [1.165, 1.54) is 12.5 Å². The number of benzene rings is 1. The van der Waals surface area contributed by atoms with E-state index >= 15 is 0 Å². The Morgan fingerprint density at radius 3 is 2.15 bits per heavy atom. The van der Waals surface area contributed by atoms with Gasteiger partial charge in [0, 0.05) is 0 Å². The molecule has 1 nitrogen and oxygen atoms in total. The summed E-state index contributed by atoms with van der Waals surface area (Å²) in [4.78, 5) is 9.89. The zero-order valence-electron chi connectivity index (χ0n) is 8.23. The molecule has 0 saturated carbocycles. The van der Waals surface area contributed by atoms with Crippen molar-refractivity contribution in [1.29, 1.82) is 0 Å². The maximum absolute atomic E-state index is 9.89. The summed E-state index contributed by atoms with van der Waals surface area (Å²) in [5.41, 5.74) is 1.05. The van der Waals surface area contributed by atoms with Crippen LogP contribution in [0.15, 0.2) is 36.4 Å². The molecule has 0 aliphatic rings. The normalized spacial score (nSPS) is 9.08. The Morgan fingerprint density at radius 1 is 1.15 bits per heavy atom. The van der Waals surface area contributed by atoms with E-state index in [4.69, 9.17) is 0 Å². The van der Waals surface area contributed by atoms with Crippen molar-refractivity contribution in [3.05, 3.63) is 42.0 Å². The molecule has 13 heavy (non-hydrogen) atoms. The van der Waals surface area contributed by atoms with Crippen LogP contribution in [0.2, 0.25) is 0 Å². The van der Waals surface area contributed by atoms with Crippen LogP contribution in [0.3, 0.4) is 0 Å². The fourth-order valence-corrected chi connectivity index (χ4v) is 0.715. The summed E-state index contributed by atoms with van der Waals surface area (Å²) in [5, 5.41) is 0. The molecule has 0 fully saturated rings. The molecule has 1 aromatic rings. The van der Waals surface area contributed by atoms with E-state index in [0.717, 1.165) is 11.8 Å². The lowest BCUT2D eigenvalue weighted by atomic mass is 10.2. The van der Waals surface area contributed by atoms with Crippen molar-refractivity contribution in [1.82, 2.24) is 0 Å². The number of hydrogen-bond acceptors (Lipinski definition) is 1. The first kappa shape index (κ1) is 11.6. The Kier molecular flexibility index (Phi) is 7.80. The number of aldehydes is 1. The minimum Gasteiger partial charge on any atom is -0.299 e. The third-order valence-corrected chi connectivity index (χ3v) is 1.17. The third-order valence-electron chi connectivity index (χ3n) is 1.17. The molecular formula is C12H16O. The van der Waals surface area contributed by atoms with Gasteiger partial charge in [-0.2, -0.15) is 0 Å². The first-order valence-corrected chi connectivity index (χ1v) is 4.52. The fourth-order valence-electron chi connectivity index (χ4n) is 0.715. The van der Waals surface area contributed by atoms with Gasteiger partial charge in [-0.1, -0.05) is 56.7 Å². The van der Waals surface area contributed by atoms with Crippen LogP contribution in [-0.4, -0.2) is 6.29 Å². The zero-order chi connectivity index (χ0) is 9.94. The van der Waals surface area contributed by atoms with Gasteiger partial charge in [-0.15, -0.1) is 0 Å². The van der Waals surface area contributed by atoms with E-state index in [-0.39, 0.29) is 0 Å². The standard InChI is InChI=1S/C9H8O.C3H8/c10-8-4-7-9-5-2-1-3-6-9;1-3-2/h1-8H;3H2,1-2H3/b7-4+;. The summed E-state index contributed by atoms with van der Waals surface area (Å²) in [5.74, 6) is 0. The SMILES string of the molecule is CCC.O=C/C=C/c1ccccc1. The van der Waals surface area contributed by atoms with Gasteiger partial charge >= 0.3 is 0 Å². The highest BCUT2D eigenvalue weighted by Gasteiger charge is 1.79. The maximum atomic E-state index is 9.89. The molecule has 0 heterocycles. The van der Waals surface area contributed by atoms with Gasteiger partial charge in [0.1, 0.15) is 6.29 Å². The lowest BCUT2D eigenvalue weighted by Gasteiger charge is -1.86. The van der Waals surface area contributed by atoms with E-state index in [1.807, 2.05) is 30.3 Å². The molecule has 70 valence electrons. The first-order valence-electron chi connectivity index (χ1n) is 4.52. The Labute approximate surface area is 80.1 Å². The Hall–Kier alpha value is -1.37. The monoisotopic (exact) mass is 176 g/mol. The Balaban J connectivity index is 0.000000424. The van der Waals surface area contributed by atoms with Crippen LogP contribution in [0.25, 0.3) is 6.08 Å². The van der Waals surface area contributed by atoms with Crippen LogP contribution in [0.1, 0.15) is 25.8 Å². The molecule has 0 amide bonds.